The SMILES string of the molecule is CCOc1cccnc1NC(=O)c1ccc(-n2cccc2)cc1. The minimum atomic E-state index is -0.219. The molecule has 5 heteroatoms. The number of ether oxygens (including phenoxy) is 1. The standard InChI is InChI=1S/C18H17N3O2/c1-2-23-16-6-5-11-19-17(16)20-18(22)14-7-9-15(10-8-14)21-12-3-4-13-21/h3-13H,2H2,1H3,(H,19,20,22). The first-order chi connectivity index (χ1) is 11.3. The van der Waals surface area contributed by atoms with Crippen LogP contribution in [0, 0.1) is 0 Å². The second-order valence-corrected chi connectivity index (χ2v) is 4.87. The van der Waals surface area contributed by atoms with Crippen molar-refractivity contribution in [3.63, 3.8) is 0 Å². The summed E-state index contributed by atoms with van der Waals surface area (Å²) < 4.78 is 7.44. The third-order valence-electron chi connectivity index (χ3n) is 3.33. The second kappa shape index (κ2) is 6.79. The molecule has 2 heterocycles. The molecule has 0 aliphatic rings. The van der Waals surface area contributed by atoms with Gasteiger partial charge in [0.2, 0.25) is 0 Å². The number of hydrogen-bond donors (Lipinski definition) is 1. The molecule has 1 N–H and O–H groups in total. The molecular formula is C18H17N3O2. The number of aromatic nitrogens is 2. The Labute approximate surface area is 134 Å². The minimum absolute atomic E-state index is 0.219. The number of amides is 1. The van der Waals surface area contributed by atoms with Gasteiger partial charge in [0.05, 0.1) is 6.61 Å². The van der Waals surface area contributed by atoms with Crippen LogP contribution in [0.25, 0.3) is 5.69 Å². The van der Waals surface area contributed by atoms with Crippen molar-refractivity contribution in [1.29, 1.82) is 0 Å². The Morgan fingerprint density at radius 1 is 1.13 bits per heavy atom. The van der Waals surface area contributed by atoms with E-state index in [1.54, 1.807) is 30.5 Å². The van der Waals surface area contributed by atoms with Crippen molar-refractivity contribution in [2.75, 3.05) is 11.9 Å². The van der Waals surface area contributed by atoms with Gasteiger partial charge in [0.15, 0.2) is 11.6 Å². The van der Waals surface area contributed by atoms with E-state index in [0.29, 0.717) is 23.7 Å². The summed E-state index contributed by atoms with van der Waals surface area (Å²) in [6.07, 6.45) is 5.53. The molecule has 0 spiro atoms. The topological polar surface area (TPSA) is 56.1 Å². The largest absolute Gasteiger partial charge is 0.490 e. The maximum absolute atomic E-state index is 12.4. The van der Waals surface area contributed by atoms with E-state index in [9.17, 15) is 4.79 Å². The first-order valence-corrected chi connectivity index (χ1v) is 7.40. The first kappa shape index (κ1) is 14.8. The normalized spacial score (nSPS) is 10.3. The highest BCUT2D eigenvalue weighted by Gasteiger charge is 2.11. The molecule has 0 radical (unpaired) electrons. The lowest BCUT2D eigenvalue weighted by atomic mass is 10.2. The number of benzene rings is 1. The van der Waals surface area contributed by atoms with E-state index < -0.39 is 0 Å². The number of nitrogens with one attached hydrogen (secondary N) is 1. The van der Waals surface area contributed by atoms with E-state index in [1.165, 1.54) is 0 Å². The van der Waals surface area contributed by atoms with Crippen LogP contribution in [0.4, 0.5) is 5.82 Å². The van der Waals surface area contributed by atoms with Crippen LogP contribution in [-0.2, 0) is 0 Å². The van der Waals surface area contributed by atoms with Crippen LogP contribution in [0.2, 0.25) is 0 Å². The lowest BCUT2D eigenvalue weighted by Crippen LogP contribution is -2.14. The number of hydrogen-bond acceptors (Lipinski definition) is 3. The Kier molecular flexibility index (Phi) is 4.38. The van der Waals surface area contributed by atoms with Crippen LogP contribution >= 0.6 is 0 Å². The van der Waals surface area contributed by atoms with Crippen LogP contribution in [-0.4, -0.2) is 22.1 Å². The fourth-order valence-corrected chi connectivity index (χ4v) is 2.23. The number of anilines is 1. The lowest BCUT2D eigenvalue weighted by molar-refractivity contribution is 0.102. The molecule has 1 aromatic carbocycles. The molecule has 5 nitrogen and oxygen atoms in total. The summed E-state index contributed by atoms with van der Waals surface area (Å²) in [7, 11) is 0. The molecule has 3 aromatic rings. The molecule has 0 saturated heterocycles. The van der Waals surface area contributed by atoms with E-state index in [1.807, 2.05) is 48.1 Å². The van der Waals surface area contributed by atoms with Gasteiger partial charge in [0, 0.05) is 29.8 Å². The summed E-state index contributed by atoms with van der Waals surface area (Å²) in [6.45, 7) is 2.40. The highest BCUT2D eigenvalue weighted by atomic mass is 16.5. The molecule has 0 atom stereocenters. The highest BCUT2D eigenvalue weighted by molar-refractivity contribution is 6.04. The molecule has 3 rings (SSSR count). The van der Waals surface area contributed by atoms with Crippen molar-refractivity contribution in [3.8, 4) is 11.4 Å². The number of carbonyl (C=O) groups excluding carboxylic acids is 1. The fourth-order valence-electron chi connectivity index (χ4n) is 2.23. The van der Waals surface area contributed by atoms with Crippen molar-refractivity contribution < 1.29 is 9.53 Å². The molecule has 116 valence electrons. The van der Waals surface area contributed by atoms with E-state index in [4.69, 9.17) is 4.74 Å². The van der Waals surface area contributed by atoms with E-state index in [0.717, 1.165) is 5.69 Å². The molecule has 0 aliphatic heterocycles. The van der Waals surface area contributed by atoms with Crippen LogP contribution in [0.3, 0.4) is 0 Å². The van der Waals surface area contributed by atoms with Crippen molar-refractivity contribution in [3.05, 3.63) is 72.7 Å². The average molecular weight is 307 g/mol. The molecule has 0 saturated carbocycles. The van der Waals surface area contributed by atoms with E-state index in [-0.39, 0.29) is 5.91 Å². The van der Waals surface area contributed by atoms with Gasteiger partial charge >= 0.3 is 0 Å². The van der Waals surface area contributed by atoms with E-state index in [2.05, 4.69) is 10.3 Å². The number of carbonyl (C=O) groups is 1. The van der Waals surface area contributed by atoms with Gasteiger partial charge < -0.3 is 14.6 Å². The van der Waals surface area contributed by atoms with Crippen molar-refractivity contribution in [1.82, 2.24) is 9.55 Å². The van der Waals surface area contributed by atoms with Gasteiger partial charge in [-0.2, -0.15) is 0 Å². The van der Waals surface area contributed by atoms with Gasteiger partial charge in [-0.1, -0.05) is 0 Å². The van der Waals surface area contributed by atoms with Crippen molar-refractivity contribution in [2.45, 2.75) is 6.92 Å². The van der Waals surface area contributed by atoms with Crippen LogP contribution in [0.15, 0.2) is 67.1 Å². The van der Waals surface area contributed by atoms with Gasteiger partial charge in [-0.25, -0.2) is 4.98 Å². The van der Waals surface area contributed by atoms with E-state index >= 15 is 0 Å². The third kappa shape index (κ3) is 3.40. The Morgan fingerprint density at radius 3 is 2.57 bits per heavy atom. The second-order valence-electron chi connectivity index (χ2n) is 4.87. The fraction of sp³-hybridized carbons (Fsp3) is 0.111. The lowest BCUT2D eigenvalue weighted by Gasteiger charge is -2.10. The summed E-state index contributed by atoms with van der Waals surface area (Å²) in [4.78, 5) is 16.5. The number of rotatable bonds is 5. The van der Waals surface area contributed by atoms with Gasteiger partial charge in [-0.15, -0.1) is 0 Å². The molecule has 1 amide bonds. The van der Waals surface area contributed by atoms with Gasteiger partial charge in [-0.05, 0) is 55.5 Å². The highest BCUT2D eigenvalue weighted by Crippen LogP contribution is 2.21. The van der Waals surface area contributed by atoms with Crippen LogP contribution in [0.1, 0.15) is 17.3 Å². The molecule has 23 heavy (non-hydrogen) atoms. The molecule has 0 aliphatic carbocycles. The van der Waals surface area contributed by atoms with Gasteiger partial charge in [0.1, 0.15) is 0 Å². The van der Waals surface area contributed by atoms with Crippen molar-refractivity contribution >= 4 is 11.7 Å². The predicted octanol–water partition coefficient (Wildman–Crippen LogP) is 3.52. The zero-order valence-electron chi connectivity index (χ0n) is 12.8. The molecule has 0 bridgehead atoms. The summed E-state index contributed by atoms with van der Waals surface area (Å²) in [6, 6.07) is 14.8. The zero-order valence-corrected chi connectivity index (χ0v) is 12.8. The molecular weight excluding hydrogens is 290 g/mol. The quantitative estimate of drug-likeness (QED) is 0.784. The van der Waals surface area contributed by atoms with Crippen LogP contribution < -0.4 is 10.1 Å². The number of pyridine rings is 1. The van der Waals surface area contributed by atoms with Gasteiger partial charge in [-0.3, -0.25) is 4.79 Å². The maximum Gasteiger partial charge on any atom is 0.256 e. The smallest absolute Gasteiger partial charge is 0.256 e. The predicted molar refractivity (Wildman–Crippen MR) is 89.1 cm³/mol. The Morgan fingerprint density at radius 2 is 1.87 bits per heavy atom. The Bertz CT molecular complexity index is 780. The summed E-state index contributed by atoms with van der Waals surface area (Å²) in [5.41, 5.74) is 1.56. The Hall–Kier alpha value is -3.08. The summed E-state index contributed by atoms with van der Waals surface area (Å²) in [5.74, 6) is 0.768. The molecule has 2 aromatic heterocycles. The third-order valence-corrected chi connectivity index (χ3v) is 3.33. The first-order valence-electron chi connectivity index (χ1n) is 7.40. The molecule has 0 unspecified atom stereocenters. The Balaban J connectivity index is 1.76. The van der Waals surface area contributed by atoms with Gasteiger partial charge in [0.25, 0.3) is 5.91 Å². The minimum Gasteiger partial charge on any atom is -0.490 e. The van der Waals surface area contributed by atoms with Crippen molar-refractivity contribution in [2.24, 2.45) is 0 Å². The monoisotopic (exact) mass is 307 g/mol. The zero-order chi connectivity index (χ0) is 16.1. The average Bonchev–Trinajstić information content (AvgIpc) is 3.11. The maximum atomic E-state index is 12.4. The summed E-state index contributed by atoms with van der Waals surface area (Å²) >= 11 is 0. The van der Waals surface area contributed by atoms with Crippen LogP contribution in [0.5, 0.6) is 5.75 Å². The summed E-state index contributed by atoms with van der Waals surface area (Å²) in [5, 5.41) is 2.78. The number of nitrogens with zero attached hydrogens (tertiary/aromatic N) is 2. The molecule has 0 fully saturated rings.